The normalized spacial score (nSPS) is 12.6. The summed E-state index contributed by atoms with van der Waals surface area (Å²) in [5.41, 5.74) is 0.890. The van der Waals surface area contributed by atoms with Crippen LogP contribution in [0.5, 0.6) is 0 Å². The summed E-state index contributed by atoms with van der Waals surface area (Å²) in [5.74, 6) is -1.79. The van der Waals surface area contributed by atoms with Crippen LogP contribution in [0.3, 0.4) is 0 Å². The molecule has 0 heterocycles. The van der Waals surface area contributed by atoms with Crippen LogP contribution in [0.25, 0.3) is 6.08 Å². The first-order valence-electron chi connectivity index (χ1n) is 6.35. The Balaban J connectivity index is 2.56. The molecule has 2 N–H and O–H groups in total. The van der Waals surface area contributed by atoms with Crippen molar-refractivity contribution in [3.8, 4) is 0 Å². The molecule has 0 aliphatic rings. The number of amides is 1. The van der Waals surface area contributed by atoms with E-state index in [2.05, 4.69) is 21.2 Å². The summed E-state index contributed by atoms with van der Waals surface area (Å²) in [6.45, 7) is 3.77. The van der Waals surface area contributed by atoms with Crippen LogP contribution >= 0.6 is 15.9 Å². The Kier molecular flexibility index (Phi) is 6.45. The number of halogens is 1. The van der Waals surface area contributed by atoms with Crippen molar-refractivity contribution >= 4 is 33.9 Å². The second-order valence-corrected chi connectivity index (χ2v) is 5.64. The third-order valence-corrected chi connectivity index (χ3v) is 3.66. The van der Waals surface area contributed by atoms with Gasteiger partial charge in [0, 0.05) is 17.1 Å². The molecular formula is C15H18BrNO3. The number of benzene rings is 1. The molecule has 108 valence electrons. The van der Waals surface area contributed by atoms with Crippen molar-refractivity contribution in [1.82, 2.24) is 5.32 Å². The molecule has 1 unspecified atom stereocenters. The third-order valence-electron chi connectivity index (χ3n) is 2.94. The first kappa shape index (κ1) is 16.4. The second kappa shape index (κ2) is 7.85. The van der Waals surface area contributed by atoms with Crippen LogP contribution in [0.1, 0.15) is 19.4 Å². The van der Waals surface area contributed by atoms with E-state index in [1.165, 1.54) is 6.08 Å². The molecule has 0 aliphatic heterocycles. The molecule has 0 fully saturated rings. The van der Waals surface area contributed by atoms with Gasteiger partial charge in [0.05, 0.1) is 5.92 Å². The highest BCUT2D eigenvalue weighted by molar-refractivity contribution is 9.10. The Morgan fingerprint density at radius 1 is 1.35 bits per heavy atom. The molecule has 0 bridgehead atoms. The van der Waals surface area contributed by atoms with Crippen LogP contribution in [0.4, 0.5) is 0 Å². The lowest BCUT2D eigenvalue weighted by atomic mass is 9.96. The number of rotatable bonds is 6. The van der Waals surface area contributed by atoms with Crippen molar-refractivity contribution in [2.45, 2.75) is 13.8 Å². The Bertz CT molecular complexity index is 512. The Hall–Kier alpha value is -1.62. The number of nitrogens with one attached hydrogen (secondary N) is 1. The molecule has 1 aromatic carbocycles. The number of hydrogen-bond acceptors (Lipinski definition) is 2. The molecular weight excluding hydrogens is 322 g/mol. The Morgan fingerprint density at radius 3 is 2.55 bits per heavy atom. The van der Waals surface area contributed by atoms with Gasteiger partial charge in [0.1, 0.15) is 0 Å². The van der Waals surface area contributed by atoms with Gasteiger partial charge in [0.15, 0.2) is 0 Å². The van der Waals surface area contributed by atoms with Crippen molar-refractivity contribution in [1.29, 1.82) is 0 Å². The average Bonchev–Trinajstić information content (AvgIpc) is 2.37. The first-order valence-corrected chi connectivity index (χ1v) is 7.14. The van der Waals surface area contributed by atoms with E-state index in [9.17, 15) is 9.59 Å². The van der Waals surface area contributed by atoms with Crippen molar-refractivity contribution in [2.24, 2.45) is 11.8 Å². The molecule has 0 aliphatic carbocycles. The number of carboxylic acid groups (broad SMARTS) is 1. The summed E-state index contributed by atoms with van der Waals surface area (Å²) in [4.78, 5) is 22.7. The Morgan fingerprint density at radius 2 is 2.00 bits per heavy atom. The fraction of sp³-hybridized carbons (Fsp3) is 0.333. The van der Waals surface area contributed by atoms with Crippen molar-refractivity contribution < 1.29 is 14.7 Å². The lowest BCUT2D eigenvalue weighted by molar-refractivity contribution is -0.143. The minimum atomic E-state index is -0.893. The third kappa shape index (κ3) is 5.17. The first-order chi connectivity index (χ1) is 9.41. The summed E-state index contributed by atoms with van der Waals surface area (Å²) < 4.78 is 0.898. The molecule has 20 heavy (non-hydrogen) atoms. The molecule has 1 atom stereocenters. The highest BCUT2D eigenvalue weighted by atomic mass is 79.9. The van der Waals surface area contributed by atoms with Gasteiger partial charge in [-0.05, 0) is 23.6 Å². The minimum absolute atomic E-state index is 0.0277. The van der Waals surface area contributed by atoms with Gasteiger partial charge in [-0.15, -0.1) is 0 Å². The second-order valence-electron chi connectivity index (χ2n) is 4.79. The molecule has 4 nitrogen and oxygen atoms in total. The SMILES string of the molecule is CC(C)C(CNC(=O)C=Cc1ccccc1Br)C(=O)O. The molecule has 0 saturated heterocycles. The molecule has 1 amide bonds. The van der Waals surface area contributed by atoms with E-state index in [0.29, 0.717) is 0 Å². The molecule has 0 radical (unpaired) electrons. The topological polar surface area (TPSA) is 66.4 Å². The van der Waals surface area contributed by atoms with Crippen LogP contribution in [-0.4, -0.2) is 23.5 Å². The number of carboxylic acids is 1. The molecule has 0 saturated carbocycles. The molecule has 1 rings (SSSR count). The maximum atomic E-state index is 11.7. The largest absolute Gasteiger partial charge is 0.481 e. The molecule has 1 aromatic rings. The average molecular weight is 340 g/mol. The fourth-order valence-corrected chi connectivity index (χ4v) is 2.07. The predicted octanol–water partition coefficient (Wildman–Crippen LogP) is 2.94. The lowest BCUT2D eigenvalue weighted by Crippen LogP contribution is -2.34. The van der Waals surface area contributed by atoms with Gasteiger partial charge >= 0.3 is 5.97 Å². The summed E-state index contributed by atoms with van der Waals surface area (Å²) in [5, 5.41) is 11.6. The van der Waals surface area contributed by atoms with E-state index in [1.54, 1.807) is 6.08 Å². The van der Waals surface area contributed by atoms with Crippen LogP contribution in [0.2, 0.25) is 0 Å². The van der Waals surface area contributed by atoms with Gasteiger partial charge in [0.25, 0.3) is 0 Å². The summed E-state index contributed by atoms with van der Waals surface area (Å²) in [6.07, 6.45) is 3.09. The molecule has 0 spiro atoms. The lowest BCUT2D eigenvalue weighted by Gasteiger charge is -2.15. The van der Waals surface area contributed by atoms with Crippen LogP contribution in [-0.2, 0) is 9.59 Å². The highest BCUT2D eigenvalue weighted by Gasteiger charge is 2.21. The van der Waals surface area contributed by atoms with E-state index in [1.807, 2.05) is 38.1 Å². The van der Waals surface area contributed by atoms with Gasteiger partial charge in [-0.2, -0.15) is 0 Å². The van der Waals surface area contributed by atoms with Crippen LogP contribution in [0.15, 0.2) is 34.8 Å². The smallest absolute Gasteiger partial charge is 0.308 e. The maximum absolute atomic E-state index is 11.7. The van der Waals surface area contributed by atoms with E-state index < -0.39 is 11.9 Å². The standard InChI is InChI=1S/C15H18BrNO3/c1-10(2)12(15(19)20)9-17-14(18)8-7-11-5-3-4-6-13(11)16/h3-8,10,12H,9H2,1-2H3,(H,17,18)(H,19,20). The van der Waals surface area contributed by atoms with Gasteiger partial charge in [0.2, 0.25) is 5.91 Å². The monoisotopic (exact) mass is 339 g/mol. The molecule has 0 aromatic heterocycles. The van der Waals surface area contributed by atoms with Crippen LogP contribution in [0, 0.1) is 11.8 Å². The Labute approximate surface area is 127 Å². The summed E-state index contributed by atoms with van der Waals surface area (Å²) in [7, 11) is 0. The van der Waals surface area contributed by atoms with Gasteiger partial charge in [-0.3, -0.25) is 9.59 Å². The van der Waals surface area contributed by atoms with E-state index >= 15 is 0 Å². The number of aliphatic carboxylic acids is 1. The van der Waals surface area contributed by atoms with Gasteiger partial charge in [-0.25, -0.2) is 0 Å². The number of carbonyl (C=O) groups is 2. The van der Waals surface area contributed by atoms with Crippen molar-refractivity contribution in [3.63, 3.8) is 0 Å². The minimum Gasteiger partial charge on any atom is -0.481 e. The predicted molar refractivity (Wildman–Crippen MR) is 82.1 cm³/mol. The quantitative estimate of drug-likeness (QED) is 0.783. The van der Waals surface area contributed by atoms with E-state index in [0.717, 1.165) is 10.0 Å². The van der Waals surface area contributed by atoms with Gasteiger partial charge in [-0.1, -0.05) is 48.0 Å². The zero-order chi connectivity index (χ0) is 15.1. The molecule has 5 heteroatoms. The van der Waals surface area contributed by atoms with E-state index in [-0.39, 0.29) is 18.4 Å². The zero-order valence-corrected chi connectivity index (χ0v) is 13.1. The number of carbonyl (C=O) groups excluding carboxylic acids is 1. The van der Waals surface area contributed by atoms with E-state index in [4.69, 9.17) is 5.11 Å². The fourth-order valence-electron chi connectivity index (χ4n) is 1.65. The summed E-state index contributed by atoms with van der Waals surface area (Å²) >= 11 is 3.39. The number of hydrogen-bond donors (Lipinski definition) is 2. The van der Waals surface area contributed by atoms with Crippen LogP contribution < -0.4 is 5.32 Å². The zero-order valence-electron chi connectivity index (χ0n) is 11.5. The summed E-state index contributed by atoms with van der Waals surface area (Å²) in [6, 6.07) is 7.53. The van der Waals surface area contributed by atoms with Crippen molar-refractivity contribution in [2.75, 3.05) is 6.54 Å². The maximum Gasteiger partial charge on any atom is 0.308 e. The van der Waals surface area contributed by atoms with Gasteiger partial charge < -0.3 is 10.4 Å². The van der Waals surface area contributed by atoms with Crippen molar-refractivity contribution in [3.05, 3.63) is 40.4 Å². The highest BCUT2D eigenvalue weighted by Crippen LogP contribution is 2.17.